The Morgan fingerprint density at radius 2 is 1.59 bits per heavy atom. The van der Waals surface area contributed by atoms with Gasteiger partial charge < -0.3 is 19.3 Å². The van der Waals surface area contributed by atoms with Crippen molar-refractivity contribution in [1.29, 1.82) is 0 Å². The zero-order chi connectivity index (χ0) is 13.0. The van der Waals surface area contributed by atoms with Crippen LogP contribution >= 0.6 is 0 Å². The molecule has 0 fully saturated rings. The summed E-state index contributed by atoms with van der Waals surface area (Å²) >= 11 is 0. The molecule has 0 aliphatic heterocycles. The van der Waals surface area contributed by atoms with Crippen molar-refractivity contribution in [3.63, 3.8) is 0 Å². The predicted octanol–water partition coefficient (Wildman–Crippen LogP) is 1.90. The lowest BCUT2D eigenvalue weighted by atomic mass is 10.0. The molecule has 1 unspecified atom stereocenters. The third-order valence-corrected chi connectivity index (χ3v) is 2.56. The van der Waals surface area contributed by atoms with E-state index in [0.717, 1.165) is 0 Å². The van der Waals surface area contributed by atoms with Gasteiger partial charge in [0.1, 0.15) is 0 Å². The van der Waals surface area contributed by atoms with E-state index >= 15 is 0 Å². The molecule has 5 nitrogen and oxygen atoms in total. The monoisotopic (exact) mass is 240 g/mol. The fourth-order valence-electron chi connectivity index (χ4n) is 1.49. The summed E-state index contributed by atoms with van der Waals surface area (Å²) in [7, 11) is 4.49. The van der Waals surface area contributed by atoms with Gasteiger partial charge in [-0.15, -0.1) is 0 Å². The van der Waals surface area contributed by atoms with Crippen LogP contribution in [-0.4, -0.2) is 32.4 Å². The molecular weight excluding hydrogens is 224 g/mol. The number of rotatable bonds is 5. The van der Waals surface area contributed by atoms with Crippen LogP contribution in [0.1, 0.15) is 18.4 Å². The normalized spacial score (nSPS) is 11.8. The number of hydrogen-bond donors (Lipinski definition) is 1. The molecule has 94 valence electrons. The van der Waals surface area contributed by atoms with Crippen molar-refractivity contribution in [2.24, 2.45) is 0 Å². The van der Waals surface area contributed by atoms with E-state index < -0.39 is 11.9 Å². The van der Waals surface area contributed by atoms with Gasteiger partial charge in [0, 0.05) is 0 Å². The van der Waals surface area contributed by atoms with Gasteiger partial charge in [0.2, 0.25) is 5.75 Å². The Kier molecular flexibility index (Phi) is 4.20. The Bertz CT molecular complexity index is 388. The first-order chi connectivity index (χ1) is 8.04. The van der Waals surface area contributed by atoms with Crippen LogP contribution in [0.2, 0.25) is 0 Å². The average Bonchev–Trinajstić information content (AvgIpc) is 2.35. The van der Waals surface area contributed by atoms with E-state index in [0.29, 0.717) is 22.8 Å². The molecule has 17 heavy (non-hydrogen) atoms. The quantitative estimate of drug-likeness (QED) is 0.851. The summed E-state index contributed by atoms with van der Waals surface area (Å²) in [6, 6.07) is 3.28. The van der Waals surface area contributed by atoms with Gasteiger partial charge in [-0.1, -0.05) is 0 Å². The minimum Gasteiger partial charge on any atom is -0.493 e. The molecule has 0 spiro atoms. The zero-order valence-electron chi connectivity index (χ0n) is 10.3. The summed E-state index contributed by atoms with van der Waals surface area (Å²) < 4.78 is 15.5. The highest BCUT2D eigenvalue weighted by atomic mass is 16.5. The SMILES string of the molecule is COc1cc(C(C)C(=O)O)cc(OC)c1OC. The first-order valence-electron chi connectivity index (χ1n) is 5.07. The molecule has 0 saturated carbocycles. The molecule has 0 bridgehead atoms. The van der Waals surface area contributed by atoms with Crippen molar-refractivity contribution in [2.75, 3.05) is 21.3 Å². The molecule has 0 radical (unpaired) electrons. The van der Waals surface area contributed by atoms with Crippen molar-refractivity contribution >= 4 is 5.97 Å². The van der Waals surface area contributed by atoms with Gasteiger partial charge in [-0.25, -0.2) is 0 Å². The van der Waals surface area contributed by atoms with Gasteiger partial charge in [-0.3, -0.25) is 4.79 Å². The van der Waals surface area contributed by atoms with Gasteiger partial charge >= 0.3 is 5.97 Å². The molecule has 0 aromatic heterocycles. The molecule has 0 aliphatic carbocycles. The number of carboxylic acid groups (broad SMARTS) is 1. The van der Waals surface area contributed by atoms with Crippen LogP contribution in [0, 0.1) is 0 Å². The van der Waals surface area contributed by atoms with E-state index in [1.54, 1.807) is 19.1 Å². The highest BCUT2D eigenvalue weighted by Crippen LogP contribution is 2.39. The summed E-state index contributed by atoms with van der Waals surface area (Å²) in [6.45, 7) is 1.60. The molecule has 0 heterocycles. The van der Waals surface area contributed by atoms with E-state index in [1.165, 1.54) is 21.3 Å². The molecule has 1 aromatic rings. The Balaban J connectivity index is 3.31. The third kappa shape index (κ3) is 2.61. The number of carboxylic acids is 1. The van der Waals surface area contributed by atoms with E-state index in [4.69, 9.17) is 19.3 Å². The van der Waals surface area contributed by atoms with Crippen LogP contribution in [-0.2, 0) is 4.79 Å². The standard InChI is InChI=1S/C12H16O5/c1-7(12(13)14)8-5-9(15-2)11(17-4)10(6-8)16-3/h5-7H,1-4H3,(H,13,14). The smallest absolute Gasteiger partial charge is 0.310 e. The van der Waals surface area contributed by atoms with Crippen LogP contribution in [0.5, 0.6) is 17.2 Å². The largest absolute Gasteiger partial charge is 0.493 e. The van der Waals surface area contributed by atoms with Gasteiger partial charge in [0.05, 0.1) is 27.2 Å². The molecule has 0 aliphatic rings. The van der Waals surface area contributed by atoms with Crippen LogP contribution in [0.3, 0.4) is 0 Å². The first kappa shape index (κ1) is 13.2. The number of carbonyl (C=O) groups is 1. The maximum absolute atomic E-state index is 10.9. The maximum Gasteiger partial charge on any atom is 0.310 e. The van der Waals surface area contributed by atoms with E-state index in [1.807, 2.05) is 0 Å². The number of ether oxygens (including phenoxy) is 3. The number of hydrogen-bond acceptors (Lipinski definition) is 4. The molecular formula is C12H16O5. The second-order valence-corrected chi connectivity index (χ2v) is 3.52. The van der Waals surface area contributed by atoms with Gasteiger partial charge in [0.15, 0.2) is 11.5 Å². The second-order valence-electron chi connectivity index (χ2n) is 3.52. The van der Waals surface area contributed by atoms with E-state index in [9.17, 15) is 4.79 Å². The van der Waals surface area contributed by atoms with E-state index in [2.05, 4.69) is 0 Å². The first-order valence-corrected chi connectivity index (χ1v) is 5.07. The van der Waals surface area contributed by atoms with Crippen molar-refractivity contribution in [3.8, 4) is 17.2 Å². The average molecular weight is 240 g/mol. The lowest BCUT2D eigenvalue weighted by Gasteiger charge is -2.15. The second kappa shape index (κ2) is 5.43. The fourth-order valence-corrected chi connectivity index (χ4v) is 1.49. The third-order valence-electron chi connectivity index (χ3n) is 2.56. The topological polar surface area (TPSA) is 65.0 Å². The maximum atomic E-state index is 10.9. The summed E-state index contributed by atoms with van der Waals surface area (Å²) in [6.07, 6.45) is 0. The fraction of sp³-hybridized carbons (Fsp3) is 0.417. The Morgan fingerprint density at radius 1 is 1.12 bits per heavy atom. The molecule has 0 amide bonds. The van der Waals surface area contributed by atoms with Crippen LogP contribution < -0.4 is 14.2 Å². The van der Waals surface area contributed by atoms with Crippen molar-refractivity contribution in [3.05, 3.63) is 17.7 Å². The highest BCUT2D eigenvalue weighted by Gasteiger charge is 2.19. The van der Waals surface area contributed by atoms with Gasteiger partial charge in [0.25, 0.3) is 0 Å². The van der Waals surface area contributed by atoms with Crippen molar-refractivity contribution in [1.82, 2.24) is 0 Å². The summed E-state index contributed by atoms with van der Waals surface area (Å²) in [4.78, 5) is 10.9. The molecule has 5 heteroatoms. The Morgan fingerprint density at radius 3 is 1.88 bits per heavy atom. The number of benzene rings is 1. The summed E-state index contributed by atoms with van der Waals surface area (Å²) in [5, 5.41) is 8.98. The minimum atomic E-state index is -0.903. The lowest BCUT2D eigenvalue weighted by molar-refractivity contribution is -0.138. The number of aliphatic carboxylic acids is 1. The van der Waals surface area contributed by atoms with Crippen LogP contribution in [0.15, 0.2) is 12.1 Å². The van der Waals surface area contributed by atoms with Crippen LogP contribution in [0.25, 0.3) is 0 Å². The molecule has 1 aromatic carbocycles. The molecule has 1 N–H and O–H groups in total. The highest BCUT2D eigenvalue weighted by molar-refractivity contribution is 5.76. The van der Waals surface area contributed by atoms with Gasteiger partial charge in [-0.05, 0) is 24.6 Å². The molecule has 1 rings (SSSR count). The lowest BCUT2D eigenvalue weighted by Crippen LogP contribution is -2.08. The van der Waals surface area contributed by atoms with Crippen molar-refractivity contribution in [2.45, 2.75) is 12.8 Å². The summed E-state index contributed by atoms with van der Waals surface area (Å²) in [5.74, 6) is -0.177. The Hall–Kier alpha value is -1.91. The van der Waals surface area contributed by atoms with Crippen LogP contribution in [0.4, 0.5) is 0 Å². The summed E-state index contributed by atoms with van der Waals surface area (Å²) in [5.41, 5.74) is 0.604. The predicted molar refractivity (Wildman–Crippen MR) is 62.1 cm³/mol. The molecule has 0 saturated heterocycles. The Labute approximate surface area is 99.9 Å². The minimum absolute atomic E-state index is 0.454. The van der Waals surface area contributed by atoms with Crippen molar-refractivity contribution < 1.29 is 24.1 Å². The van der Waals surface area contributed by atoms with Gasteiger partial charge in [-0.2, -0.15) is 0 Å². The number of methoxy groups -OCH3 is 3. The zero-order valence-corrected chi connectivity index (χ0v) is 10.3. The molecule has 1 atom stereocenters. The van der Waals surface area contributed by atoms with E-state index in [-0.39, 0.29) is 0 Å².